The van der Waals surface area contributed by atoms with Gasteiger partial charge >= 0.3 is 0 Å². The van der Waals surface area contributed by atoms with Crippen LogP contribution in [0.3, 0.4) is 0 Å². The molecule has 0 fully saturated rings. The molecule has 0 saturated heterocycles. The van der Waals surface area contributed by atoms with Crippen molar-refractivity contribution in [2.75, 3.05) is 13.6 Å². The molecule has 2 aromatic heterocycles. The number of aromatic nitrogens is 3. The number of imidazole rings is 1. The van der Waals surface area contributed by atoms with Crippen LogP contribution in [0.5, 0.6) is 0 Å². The van der Waals surface area contributed by atoms with E-state index in [-0.39, 0.29) is 5.11 Å². The molecule has 0 spiro atoms. The maximum Gasteiger partial charge on any atom is 0.218 e. The van der Waals surface area contributed by atoms with E-state index in [0.717, 1.165) is 33.4 Å². The van der Waals surface area contributed by atoms with Crippen LogP contribution in [0.1, 0.15) is 11.1 Å². The van der Waals surface area contributed by atoms with Crippen LogP contribution in [0.4, 0.5) is 0 Å². The number of nitrogens with zero attached hydrogens (tertiary/aromatic N) is 6. The quantitative estimate of drug-likeness (QED) is 0.320. The topological polar surface area (TPSA) is 76.7 Å². The summed E-state index contributed by atoms with van der Waals surface area (Å²) in [6.45, 7) is 7.45. The molecular weight excluding hydrogens is 358 g/mol. The molecule has 0 bridgehead atoms. The second-order valence-corrected chi connectivity index (χ2v) is 6.49. The molecule has 3 rings (SSSR count). The number of thiocarbonyl (C=S) groups is 1. The number of hydrogen-bond acceptors (Lipinski definition) is 4. The van der Waals surface area contributed by atoms with Gasteiger partial charge < -0.3 is 15.1 Å². The second kappa shape index (κ2) is 7.93. The first-order chi connectivity index (χ1) is 13.0. The van der Waals surface area contributed by atoms with Gasteiger partial charge in [-0.25, -0.2) is 21.5 Å². The van der Waals surface area contributed by atoms with Crippen molar-refractivity contribution in [1.82, 2.24) is 19.5 Å². The number of pyridine rings is 1. The maximum absolute atomic E-state index is 6.99. The predicted octanol–water partition coefficient (Wildman–Crippen LogP) is 2.61. The Morgan fingerprint density at radius 1 is 1.44 bits per heavy atom. The maximum atomic E-state index is 6.99. The fourth-order valence-electron chi connectivity index (χ4n) is 2.69. The summed E-state index contributed by atoms with van der Waals surface area (Å²) < 4.78 is 1.92. The van der Waals surface area contributed by atoms with Crippen molar-refractivity contribution < 1.29 is 0 Å². The summed E-state index contributed by atoms with van der Waals surface area (Å²) in [5.74, 6) is 0. The van der Waals surface area contributed by atoms with E-state index < -0.39 is 0 Å². The average molecular weight is 377 g/mol. The third kappa shape index (κ3) is 4.10. The number of fused-ring (bicyclic) bond motifs is 1. The smallest absolute Gasteiger partial charge is 0.218 e. The fourth-order valence-corrected chi connectivity index (χ4v) is 2.73. The lowest BCUT2D eigenvalue weighted by atomic mass is 10.0. The van der Waals surface area contributed by atoms with Crippen molar-refractivity contribution in [2.45, 2.75) is 6.42 Å². The molecule has 0 aliphatic rings. The lowest BCUT2D eigenvalue weighted by Crippen LogP contribution is -2.27. The molecule has 1 aromatic carbocycles. The Hall–Kier alpha value is -3.31. The highest BCUT2D eigenvalue weighted by molar-refractivity contribution is 7.80. The van der Waals surface area contributed by atoms with Crippen molar-refractivity contribution in [3.8, 4) is 11.4 Å². The van der Waals surface area contributed by atoms with Gasteiger partial charge in [-0.3, -0.25) is 0 Å². The van der Waals surface area contributed by atoms with Gasteiger partial charge in [-0.05, 0) is 36.0 Å². The molecule has 2 N–H and O–H groups in total. The lowest BCUT2D eigenvalue weighted by Gasteiger charge is -2.11. The Bertz CT molecular complexity index is 1060. The Morgan fingerprint density at radius 3 is 2.93 bits per heavy atom. The third-order valence-corrected chi connectivity index (χ3v) is 4.45. The van der Waals surface area contributed by atoms with Gasteiger partial charge in [0, 0.05) is 31.5 Å². The number of hydrogen-bond donors (Lipinski definition) is 1. The van der Waals surface area contributed by atoms with Gasteiger partial charge in [0.25, 0.3) is 0 Å². The van der Waals surface area contributed by atoms with Crippen LogP contribution in [0, 0.1) is 6.57 Å². The minimum Gasteiger partial charge on any atom is -0.375 e. The first-order valence-electron chi connectivity index (χ1n) is 8.30. The standard InChI is InChI=1S/C19H19N7S/c1-21-7-6-13-4-5-16-15(8-13)14(10-23-26(3)19(20)27)9-17(24-16)18-11-22-12-25(18)2/h4-5,8-12H,6-7H2,2-3H3,(H2,20,27)/b23-10+. The summed E-state index contributed by atoms with van der Waals surface area (Å²) in [4.78, 5) is 12.4. The molecular formula is C19H19N7S. The van der Waals surface area contributed by atoms with Crippen LogP contribution < -0.4 is 5.73 Å². The Labute approximate surface area is 163 Å². The molecule has 3 aromatic rings. The fraction of sp³-hybridized carbons (Fsp3) is 0.211. The zero-order valence-corrected chi connectivity index (χ0v) is 15.9. The van der Waals surface area contributed by atoms with Gasteiger partial charge in [-0.1, -0.05) is 6.07 Å². The number of hydrazone groups is 1. The van der Waals surface area contributed by atoms with Gasteiger partial charge in [0.15, 0.2) is 5.11 Å². The highest BCUT2D eigenvalue weighted by atomic mass is 32.1. The average Bonchev–Trinajstić information content (AvgIpc) is 3.09. The largest absolute Gasteiger partial charge is 0.375 e. The number of aryl methyl sites for hydroxylation is 1. The molecule has 0 aliphatic heterocycles. The van der Waals surface area contributed by atoms with Crippen LogP contribution in [-0.4, -0.2) is 44.5 Å². The monoisotopic (exact) mass is 377 g/mol. The number of rotatable bonds is 5. The Kier molecular flexibility index (Phi) is 5.43. The van der Waals surface area contributed by atoms with E-state index in [0.29, 0.717) is 13.0 Å². The summed E-state index contributed by atoms with van der Waals surface area (Å²) in [7, 11) is 3.63. The lowest BCUT2D eigenvalue weighted by molar-refractivity contribution is 0.552. The Balaban J connectivity index is 2.15. The predicted molar refractivity (Wildman–Crippen MR) is 111 cm³/mol. The van der Waals surface area contributed by atoms with Crippen LogP contribution in [0.2, 0.25) is 0 Å². The van der Waals surface area contributed by atoms with Gasteiger partial charge in [0.2, 0.25) is 6.54 Å². The van der Waals surface area contributed by atoms with E-state index in [1.165, 1.54) is 5.01 Å². The van der Waals surface area contributed by atoms with Crippen LogP contribution in [0.25, 0.3) is 27.1 Å². The molecule has 0 aliphatic carbocycles. The number of nitrogens with two attached hydrogens (primary N) is 1. The van der Waals surface area contributed by atoms with Crippen molar-refractivity contribution in [1.29, 1.82) is 0 Å². The molecule has 0 radical (unpaired) electrons. The van der Waals surface area contributed by atoms with E-state index in [2.05, 4.69) is 21.0 Å². The molecule has 0 unspecified atom stereocenters. The van der Waals surface area contributed by atoms with Crippen LogP contribution in [0.15, 0.2) is 41.9 Å². The van der Waals surface area contributed by atoms with Crippen LogP contribution >= 0.6 is 12.2 Å². The van der Waals surface area contributed by atoms with E-state index in [4.69, 9.17) is 29.5 Å². The van der Waals surface area contributed by atoms with Gasteiger partial charge in [-0.2, -0.15) is 5.10 Å². The van der Waals surface area contributed by atoms with E-state index in [1.807, 2.05) is 29.8 Å². The molecule has 27 heavy (non-hydrogen) atoms. The van der Waals surface area contributed by atoms with Crippen molar-refractivity contribution >= 4 is 34.4 Å². The summed E-state index contributed by atoms with van der Waals surface area (Å²) in [5.41, 5.74) is 10.1. The Morgan fingerprint density at radius 2 is 2.26 bits per heavy atom. The molecule has 0 atom stereocenters. The summed E-state index contributed by atoms with van der Waals surface area (Å²) in [6, 6.07) is 8.01. The minimum atomic E-state index is 0.189. The first kappa shape index (κ1) is 18.5. The van der Waals surface area contributed by atoms with Crippen molar-refractivity contribution in [2.24, 2.45) is 17.9 Å². The van der Waals surface area contributed by atoms with E-state index >= 15 is 0 Å². The highest BCUT2D eigenvalue weighted by Gasteiger charge is 2.11. The van der Waals surface area contributed by atoms with Crippen molar-refractivity contribution in [3.05, 3.63) is 59.3 Å². The second-order valence-electron chi connectivity index (χ2n) is 6.08. The summed E-state index contributed by atoms with van der Waals surface area (Å²) in [6.07, 6.45) is 5.94. The molecule has 0 saturated carbocycles. The molecule has 7 nitrogen and oxygen atoms in total. The van der Waals surface area contributed by atoms with E-state index in [9.17, 15) is 0 Å². The van der Waals surface area contributed by atoms with Gasteiger partial charge in [0.05, 0.1) is 35.6 Å². The molecule has 8 heteroatoms. The van der Waals surface area contributed by atoms with Gasteiger partial charge in [0.1, 0.15) is 0 Å². The zero-order chi connectivity index (χ0) is 19.4. The molecule has 0 amide bonds. The molecule has 136 valence electrons. The summed E-state index contributed by atoms with van der Waals surface area (Å²) in [5, 5.41) is 6.91. The first-order valence-corrected chi connectivity index (χ1v) is 8.71. The highest BCUT2D eigenvalue weighted by Crippen LogP contribution is 2.25. The third-order valence-electron chi connectivity index (χ3n) is 4.19. The summed E-state index contributed by atoms with van der Waals surface area (Å²) >= 11 is 4.94. The van der Waals surface area contributed by atoms with Gasteiger partial charge in [-0.15, -0.1) is 0 Å². The number of benzene rings is 1. The normalized spacial score (nSPS) is 11.0. The minimum absolute atomic E-state index is 0.189. The SMILES string of the molecule is [C-]#[N+]CCc1ccc2nc(-c3cncn3C)cc(/C=N/N(C)C(N)=S)c2c1. The molecule has 2 heterocycles. The zero-order valence-electron chi connectivity index (χ0n) is 15.1. The van der Waals surface area contributed by atoms with Crippen molar-refractivity contribution in [3.63, 3.8) is 0 Å². The van der Waals surface area contributed by atoms with Crippen LogP contribution in [-0.2, 0) is 13.5 Å². The van der Waals surface area contributed by atoms with E-state index in [1.54, 1.807) is 25.8 Å².